The molecule has 0 spiro atoms. The summed E-state index contributed by atoms with van der Waals surface area (Å²) in [6.45, 7) is 0.416. The van der Waals surface area contributed by atoms with E-state index >= 15 is 0 Å². The molecule has 1 aromatic rings. The number of carboxylic acids is 1. The summed E-state index contributed by atoms with van der Waals surface area (Å²) in [5.74, 6) is -1.22. The molecule has 0 bridgehead atoms. The van der Waals surface area contributed by atoms with E-state index in [1.165, 1.54) is 11.3 Å². The molecule has 1 saturated heterocycles. The summed E-state index contributed by atoms with van der Waals surface area (Å²) in [7, 11) is 0. The first-order chi connectivity index (χ1) is 10.0. The van der Waals surface area contributed by atoms with Crippen molar-refractivity contribution in [1.29, 1.82) is 0 Å². The first-order valence-corrected chi connectivity index (χ1v) is 8.04. The lowest BCUT2D eigenvalue weighted by atomic mass is 10.1. The molecule has 2 aliphatic heterocycles. The van der Waals surface area contributed by atoms with E-state index < -0.39 is 5.97 Å². The van der Waals surface area contributed by atoms with Crippen LogP contribution in [0.3, 0.4) is 0 Å². The van der Waals surface area contributed by atoms with Gasteiger partial charge in [-0.05, 0) is 11.4 Å². The fraction of sp³-hybridized carbons (Fsp3) is 0.308. The lowest BCUT2D eigenvalue weighted by molar-refractivity contribution is -0.136. The van der Waals surface area contributed by atoms with E-state index in [1.54, 1.807) is 4.90 Å². The maximum absolute atomic E-state index is 11.9. The topological polar surface area (TPSA) is 86.7 Å². The van der Waals surface area contributed by atoms with Crippen LogP contribution in [0.2, 0.25) is 0 Å². The third kappa shape index (κ3) is 2.81. The van der Waals surface area contributed by atoms with Gasteiger partial charge in [0.05, 0.1) is 12.5 Å². The van der Waals surface area contributed by atoms with Gasteiger partial charge in [0.15, 0.2) is 0 Å². The number of carboxylic acid groups (broad SMARTS) is 1. The van der Waals surface area contributed by atoms with Gasteiger partial charge < -0.3 is 15.3 Å². The van der Waals surface area contributed by atoms with Gasteiger partial charge in [-0.25, -0.2) is 4.79 Å². The first kappa shape index (κ1) is 14.2. The number of fused-ring (bicyclic) bond motifs is 1. The molecule has 0 radical (unpaired) electrons. The van der Waals surface area contributed by atoms with Gasteiger partial charge >= 0.3 is 5.97 Å². The van der Waals surface area contributed by atoms with E-state index in [9.17, 15) is 14.4 Å². The van der Waals surface area contributed by atoms with Crippen LogP contribution in [-0.2, 0) is 20.8 Å². The van der Waals surface area contributed by atoms with Gasteiger partial charge in [-0.3, -0.25) is 9.59 Å². The van der Waals surface area contributed by atoms with E-state index in [-0.39, 0.29) is 28.1 Å². The lowest BCUT2D eigenvalue weighted by Crippen LogP contribution is -2.66. The van der Waals surface area contributed by atoms with E-state index in [0.717, 1.165) is 22.7 Å². The highest BCUT2D eigenvalue weighted by Crippen LogP contribution is 2.37. The van der Waals surface area contributed by atoms with Crippen LogP contribution in [0.1, 0.15) is 4.88 Å². The summed E-state index contributed by atoms with van der Waals surface area (Å²) in [4.78, 5) is 37.2. The molecule has 3 heterocycles. The third-order valence-electron chi connectivity index (χ3n) is 3.33. The number of carbonyl (C=O) groups excluding carboxylic acids is 2. The molecule has 3 rings (SSSR count). The molecule has 2 atom stereocenters. The van der Waals surface area contributed by atoms with Crippen molar-refractivity contribution < 1.29 is 19.5 Å². The summed E-state index contributed by atoms with van der Waals surface area (Å²) >= 11 is 2.56. The Balaban J connectivity index is 1.61. The highest BCUT2D eigenvalue weighted by atomic mass is 32.2. The van der Waals surface area contributed by atoms with Crippen LogP contribution in [0.25, 0.3) is 0 Å². The third-order valence-corrected chi connectivity index (χ3v) is 5.38. The van der Waals surface area contributed by atoms with E-state index in [4.69, 9.17) is 5.11 Å². The first-order valence-electron chi connectivity index (χ1n) is 6.28. The minimum absolute atomic E-state index is 0.00695. The van der Waals surface area contributed by atoms with Gasteiger partial charge in [-0.15, -0.1) is 11.3 Å². The van der Waals surface area contributed by atoms with Gasteiger partial charge in [-0.2, -0.15) is 0 Å². The van der Waals surface area contributed by atoms with E-state index in [1.807, 2.05) is 17.5 Å². The number of hydrogen-bond acceptors (Lipinski definition) is 6. The van der Waals surface area contributed by atoms with Crippen LogP contribution in [0.15, 0.2) is 29.3 Å². The zero-order chi connectivity index (χ0) is 15.0. The molecule has 1 aromatic heterocycles. The number of aliphatic carboxylic acids is 1. The number of thioether (sulfide) groups is 1. The SMILES string of the molecule is O=C(Cc1cccs1)NC1CN2C(C(=O)O)=CC(=O)SC12. The molecule has 0 aliphatic carbocycles. The molecule has 1 fully saturated rings. The number of nitrogens with zero attached hydrogens (tertiary/aromatic N) is 1. The highest BCUT2D eigenvalue weighted by Gasteiger charge is 2.46. The predicted molar refractivity (Wildman–Crippen MR) is 78.8 cm³/mol. The van der Waals surface area contributed by atoms with Gasteiger partial charge in [0.1, 0.15) is 11.1 Å². The Morgan fingerprint density at radius 1 is 1.48 bits per heavy atom. The second kappa shape index (κ2) is 5.53. The quantitative estimate of drug-likeness (QED) is 0.846. The fourth-order valence-electron chi connectivity index (χ4n) is 2.34. The van der Waals surface area contributed by atoms with Crippen molar-refractivity contribution in [2.45, 2.75) is 17.8 Å². The number of amides is 1. The number of hydrogen-bond donors (Lipinski definition) is 2. The summed E-state index contributed by atoms with van der Waals surface area (Å²) in [5.41, 5.74) is 0.00695. The Morgan fingerprint density at radius 2 is 2.29 bits per heavy atom. The molecular formula is C13H12N2O4S2. The molecule has 8 heteroatoms. The Bertz CT molecular complexity index is 626. The van der Waals surface area contributed by atoms with Crippen molar-refractivity contribution in [3.63, 3.8) is 0 Å². The minimum atomic E-state index is -1.11. The maximum Gasteiger partial charge on any atom is 0.352 e. The van der Waals surface area contributed by atoms with Crippen LogP contribution in [-0.4, -0.2) is 45.0 Å². The molecule has 6 nitrogen and oxygen atoms in total. The maximum atomic E-state index is 11.9. The zero-order valence-electron chi connectivity index (χ0n) is 10.8. The van der Waals surface area contributed by atoms with Crippen molar-refractivity contribution in [3.8, 4) is 0 Å². The Labute approximate surface area is 128 Å². The average molecular weight is 324 g/mol. The van der Waals surface area contributed by atoms with Crippen molar-refractivity contribution in [3.05, 3.63) is 34.2 Å². The van der Waals surface area contributed by atoms with E-state index in [2.05, 4.69) is 5.32 Å². The van der Waals surface area contributed by atoms with Crippen LogP contribution in [0, 0.1) is 0 Å². The van der Waals surface area contributed by atoms with Gasteiger partial charge in [0.2, 0.25) is 11.0 Å². The van der Waals surface area contributed by atoms with Crippen LogP contribution < -0.4 is 5.32 Å². The second-order valence-electron chi connectivity index (χ2n) is 4.74. The summed E-state index contributed by atoms with van der Waals surface area (Å²) in [5, 5.41) is 13.2. The van der Waals surface area contributed by atoms with Gasteiger partial charge in [0.25, 0.3) is 0 Å². The Kier molecular flexibility index (Phi) is 3.73. The molecule has 0 aromatic carbocycles. The number of rotatable bonds is 4. The monoisotopic (exact) mass is 324 g/mol. The molecule has 2 unspecified atom stereocenters. The molecule has 2 aliphatic rings. The fourth-order valence-corrected chi connectivity index (χ4v) is 4.11. The molecule has 110 valence electrons. The highest BCUT2D eigenvalue weighted by molar-refractivity contribution is 8.14. The number of carbonyl (C=O) groups is 3. The second-order valence-corrected chi connectivity index (χ2v) is 6.90. The lowest BCUT2D eigenvalue weighted by Gasteiger charge is -2.50. The molecule has 0 saturated carbocycles. The number of thiophene rings is 1. The zero-order valence-corrected chi connectivity index (χ0v) is 12.4. The largest absolute Gasteiger partial charge is 0.477 e. The van der Waals surface area contributed by atoms with Gasteiger partial charge in [0, 0.05) is 17.5 Å². The van der Waals surface area contributed by atoms with Crippen LogP contribution >= 0.6 is 23.1 Å². The summed E-state index contributed by atoms with van der Waals surface area (Å²) < 4.78 is 0. The Morgan fingerprint density at radius 3 is 2.95 bits per heavy atom. The summed E-state index contributed by atoms with van der Waals surface area (Å²) in [6, 6.07) is 3.58. The van der Waals surface area contributed by atoms with Crippen LogP contribution in [0.5, 0.6) is 0 Å². The predicted octanol–water partition coefficient (Wildman–Crippen LogP) is 0.659. The van der Waals surface area contributed by atoms with Crippen molar-refractivity contribution >= 4 is 40.1 Å². The van der Waals surface area contributed by atoms with Crippen molar-refractivity contribution in [2.75, 3.05) is 6.54 Å². The smallest absolute Gasteiger partial charge is 0.352 e. The average Bonchev–Trinajstić information content (AvgIpc) is 2.90. The molecule has 21 heavy (non-hydrogen) atoms. The Hall–Kier alpha value is -1.80. The minimum Gasteiger partial charge on any atom is -0.477 e. The molecular weight excluding hydrogens is 312 g/mol. The number of nitrogens with one attached hydrogen (secondary N) is 1. The van der Waals surface area contributed by atoms with Crippen molar-refractivity contribution in [2.24, 2.45) is 0 Å². The summed E-state index contributed by atoms with van der Waals surface area (Å²) in [6.07, 6.45) is 1.44. The van der Waals surface area contributed by atoms with Gasteiger partial charge in [-0.1, -0.05) is 17.8 Å². The van der Waals surface area contributed by atoms with E-state index in [0.29, 0.717) is 13.0 Å². The molecule has 1 amide bonds. The van der Waals surface area contributed by atoms with Crippen molar-refractivity contribution in [1.82, 2.24) is 10.2 Å². The standard InChI is InChI=1S/C13H12N2O4S2/c16-10(4-7-2-1-3-20-7)14-8-6-15-9(13(18)19)5-11(17)21-12(8)15/h1-3,5,8,12H,4,6H2,(H,14,16)(H,18,19). The molecule has 2 N–H and O–H groups in total. The van der Waals surface area contributed by atoms with Crippen LogP contribution in [0.4, 0.5) is 0 Å². The normalized spacial score (nSPS) is 23.9.